The number of nitrogens with one attached hydrogen (secondary N) is 3. The average molecular weight is 416 g/mol. The highest BCUT2D eigenvalue weighted by Gasteiger charge is 2.44. The summed E-state index contributed by atoms with van der Waals surface area (Å²) in [5.74, 6) is 0.590. The van der Waals surface area contributed by atoms with Crippen molar-refractivity contribution < 1.29 is 13.7 Å². The SMILES string of the molecule is O=C1Nc2c(Cl)cc3nc(CNCCc4ccon4)oc3c2C2(CCCCC2)N1. The lowest BCUT2D eigenvalue weighted by atomic mass is 9.74. The molecule has 3 heterocycles. The Morgan fingerprint density at radius 1 is 1.28 bits per heavy atom. The molecule has 2 aliphatic rings. The number of amides is 2. The Kier molecular flexibility index (Phi) is 4.67. The summed E-state index contributed by atoms with van der Waals surface area (Å²) in [7, 11) is 0. The topological polar surface area (TPSA) is 105 Å². The largest absolute Gasteiger partial charge is 0.439 e. The normalized spacial score (nSPS) is 17.9. The first-order chi connectivity index (χ1) is 14.1. The second-order valence-electron chi connectivity index (χ2n) is 7.70. The van der Waals surface area contributed by atoms with E-state index in [0.717, 1.165) is 49.9 Å². The van der Waals surface area contributed by atoms with Crippen LogP contribution in [0.5, 0.6) is 0 Å². The van der Waals surface area contributed by atoms with Crippen LogP contribution in [-0.2, 0) is 18.5 Å². The number of hydrogen-bond donors (Lipinski definition) is 3. The van der Waals surface area contributed by atoms with Crippen molar-refractivity contribution >= 4 is 34.4 Å². The van der Waals surface area contributed by atoms with Gasteiger partial charge in [0.1, 0.15) is 11.8 Å². The molecule has 8 nitrogen and oxygen atoms in total. The van der Waals surface area contributed by atoms with Crippen molar-refractivity contribution in [2.24, 2.45) is 0 Å². The third-order valence-electron chi connectivity index (χ3n) is 5.78. The summed E-state index contributed by atoms with van der Waals surface area (Å²) < 4.78 is 11.0. The number of aromatic nitrogens is 2. The summed E-state index contributed by atoms with van der Waals surface area (Å²) >= 11 is 6.53. The highest BCUT2D eigenvalue weighted by molar-refractivity contribution is 6.35. The molecule has 1 saturated carbocycles. The van der Waals surface area contributed by atoms with Crippen LogP contribution in [0.2, 0.25) is 5.02 Å². The summed E-state index contributed by atoms with van der Waals surface area (Å²) in [6.07, 6.45) is 7.34. The molecule has 3 N–H and O–H groups in total. The molecule has 9 heteroatoms. The van der Waals surface area contributed by atoms with Crippen LogP contribution in [0.15, 0.2) is 27.3 Å². The van der Waals surface area contributed by atoms with Crippen molar-refractivity contribution in [2.45, 2.75) is 50.6 Å². The molecular weight excluding hydrogens is 394 g/mol. The van der Waals surface area contributed by atoms with Crippen LogP contribution in [0, 0.1) is 0 Å². The number of anilines is 1. The fourth-order valence-electron chi connectivity index (χ4n) is 4.47. The van der Waals surface area contributed by atoms with E-state index >= 15 is 0 Å². The van der Waals surface area contributed by atoms with Crippen molar-refractivity contribution in [3.63, 3.8) is 0 Å². The molecule has 0 radical (unpaired) electrons. The number of hydrogen-bond acceptors (Lipinski definition) is 6. The predicted molar refractivity (Wildman–Crippen MR) is 108 cm³/mol. The van der Waals surface area contributed by atoms with Gasteiger partial charge in [0.05, 0.1) is 28.5 Å². The van der Waals surface area contributed by atoms with Gasteiger partial charge in [0.2, 0.25) is 5.89 Å². The van der Waals surface area contributed by atoms with Gasteiger partial charge in [0, 0.05) is 24.6 Å². The first kappa shape index (κ1) is 18.4. The van der Waals surface area contributed by atoms with Gasteiger partial charge in [-0.05, 0) is 18.9 Å². The highest BCUT2D eigenvalue weighted by Crippen LogP contribution is 2.48. The van der Waals surface area contributed by atoms with Gasteiger partial charge in [-0.1, -0.05) is 36.0 Å². The molecule has 0 bridgehead atoms. The van der Waals surface area contributed by atoms with Crippen molar-refractivity contribution in [2.75, 3.05) is 11.9 Å². The van der Waals surface area contributed by atoms with Gasteiger partial charge in [-0.3, -0.25) is 0 Å². The minimum atomic E-state index is -0.448. The minimum absolute atomic E-state index is 0.213. The Labute approximate surface area is 172 Å². The summed E-state index contributed by atoms with van der Waals surface area (Å²) in [5, 5.41) is 13.7. The van der Waals surface area contributed by atoms with E-state index in [4.69, 9.17) is 20.5 Å². The Balaban J connectivity index is 1.45. The third kappa shape index (κ3) is 3.36. The highest BCUT2D eigenvalue weighted by atomic mass is 35.5. The number of benzene rings is 1. The number of carbonyl (C=O) groups excluding carboxylic acids is 1. The van der Waals surface area contributed by atoms with Crippen molar-refractivity contribution in [1.29, 1.82) is 0 Å². The molecule has 1 aliphatic carbocycles. The van der Waals surface area contributed by atoms with Crippen LogP contribution in [0.4, 0.5) is 10.5 Å². The van der Waals surface area contributed by atoms with Crippen molar-refractivity contribution in [3.05, 3.63) is 40.6 Å². The molecule has 1 fully saturated rings. The van der Waals surface area contributed by atoms with Gasteiger partial charge >= 0.3 is 6.03 Å². The maximum Gasteiger partial charge on any atom is 0.319 e. The molecule has 0 atom stereocenters. The fourth-order valence-corrected chi connectivity index (χ4v) is 4.71. The van der Waals surface area contributed by atoms with Crippen molar-refractivity contribution in [1.82, 2.24) is 20.8 Å². The molecule has 152 valence electrons. The molecule has 2 aromatic heterocycles. The van der Waals surface area contributed by atoms with E-state index in [1.807, 2.05) is 6.07 Å². The molecule has 1 aliphatic heterocycles. The molecule has 1 aromatic carbocycles. The summed E-state index contributed by atoms with van der Waals surface area (Å²) in [4.78, 5) is 16.9. The molecule has 2 amide bonds. The van der Waals surface area contributed by atoms with Crippen LogP contribution in [0.3, 0.4) is 0 Å². The van der Waals surface area contributed by atoms with Crippen molar-refractivity contribution in [3.8, 4) is 0 Å². The number of carbonyl (C=O) groups is 1. The lowest BCUT2D eigenvalue weighted by molar-refractivity contribution is 0.209. The van der Waals surface area contributed by atoms with Gasteiger partial charge in [0.25, 0.3) is 0 Å². The first-order valence-corrected chi connectivity index (χ1v) is 10.3. The fraction of sp³-hybridized carbons (Fsp3) is 0.450. The Morgan fingerprint density at radius 3 is 2.93 bits per heavy atom. The zero-order valence-corrected chi connectivity index (χ0v) is 16.6. The number of urea groups is 1. The van der Waals surface area contributed by atoms with Gasteiger partial charge in [-0.25, -0.2) is 9.78 Å². The maximum absolute atomic E-state index is 12.3. The number of halogens is 1. The average Bonchev–Trinajstić information content (AvgIpc) is 3.35. The minimum Gasteiger partial charge on any atom is -0.439 e. The number of rotatable bonds is 5. The zero-order valence-electron chi connectivity index (χ0n) is 15.9. The van der Waals surface area contributed by atoms with E-state index in [9.17, 15) is 4.79 Å². The molecule has 5 rings (SSSR count). The van der Waals surface area contributed by atoms with E-state index in [1.165, 1.54) is 6.42 Å². The molecule has 0 unspecified atom stereocenters. The first-order valence-electron chi connectivity index (χ1n) is 9.96. The zero-order chi connectivity index (χ0) is 19.8. The van der Waals surface area contributed by atoms with Gasteiger partial charge in [-0.2, -0.15) is 0 Å². The Bertz CT molecular complexity index is 1040. The van der Waals surface area contributed by atoms with Crippen LogP contribution < -0.4 is 16.0 Å². The smallest absolute Gasteiger partial charge is 0.319 e. The second-order valence-corrected chi connectivity index (χ2v) is 8.11. The molecule has 1 spiro atoms. The summed E-state index contributed by atoms with van der Waals surface area (Å²) in [5.41, 5.74) is 3.44. The van der Waals surface area contributed by atoms with E-state index in [2.05, 4.69) is 26.1 Å². The van der Waals surface area contributed by atoms with Crippen LogP contribution >= 0.6 is 11.6 Å². The van der Waals surface area contributed by atoms with E-state index in [0.29, 0.717) is 34.2 Å². The molecule has 29 heavy (non-hydrogen) atoms. The number of nitrogens with zero attached hydrogens (tertiary/aromatic N) is 2. The van der Waals surface area contributed by atoms with Crippen LogP contribution in [0.1, 0.15) is 49.3 Å². The van der Waals surface area contributed by atoms with E-state index < -0.39 is 5.54 Å². The van der Waals surface area contributed by atoms with E-state index in [-0.39, 0.29) is 6.03 Å². The van der Waals surface area contributed by atoms with Gasteiger partial charge in [0.15, 0.2) is 5.58 Å². The van der Waals surface area contributed by atoms with Gasteiger partial charge < -0.3 is 24.9 Å². The summed E-state index contributed by atoms with van der Waals surface area (Å²) in [6.45, 7) is 1.22. The standard InChI is InChI=1S/C20H22ClN5O3/c21-13-10-14-18(29-15(23-14)11-22-8-4-12-5-9-28-26-12)16-17(13)24-19(27)25-20(16)6-2-1-3-7-20/h5,9-10,22H,1-4,6-8,11H2,(H2,24,25,27). The van der Waals surface area contributed by atoms with Crippen LogP contribution in [-0.4, -0.2) is 22.7 Å². The third-order valence-corrected chi connectivity index (χ3v) is 6.08. The predicted octanol–water partition coefficient (Wildman–Crippen LogP) is 4.10. The maximum atomic E-state index is 12.3. The van der Waals surface area contributed by atoms with Gasteiger partial charge in [-0.15, -0.1) is 0 Å². The number of oxazole rings is 1. The second kappa shape index (κ2) is 7.35. The molecule has 3 aromatic rings. The Morgan fingerprint density at radius 2 is 2.14 bits per heavy atom. The number of fused-ring (bicyclic) bond motifs is 4. The lowest BCUT2D eigenvalue weighted by Crippen LogP contribution is -2.52. The van der Waals surface area contributed by atoms with Crippen LogP contribution in [0.25, 0.3) is 11.1 Å². The monoisotopic (exact) mass is 415 g/mol. The van der Waals surface area contributed by atoms with E-state index in [1.54, 1.807) is 12.3 Å². The quantitative estimate of drug-likeness (QED) is 0.542. The Hall–Kier alpha value is -2.58. The molecular formula is C20H22ClN5O3. The molecule has 0 saturated heterocycles. The summed E-state index contributed by atoms with van der Waals surface area (Å²) in [6, 6.07) is 3.40. The lowest BCUT2D eigenvalue weighted by Gasteiger charge is -2.42.